The number of hydrogen-bond acceptors (Lipinski definition) is 4. The molecule has 0 saturated carbocycles. The van der Waals surface area contributed by atoms with Crippen LogP contribution in [0.15, 0.2) is 4.99 Å². The first-order chi connectivity index (χ1) is 8.05. The Kier molecular flexibility index (Phi) is 3.34. The predicted molar refractivity (Wildman–Crippen MR) is 70.1 cm³/mol. The second kappa shape index (κ2) is 4.48. The first-order valence-electron chi connectivity index (χ1n) is 6.77. The molecule has 0 radical (unpaired) electrons. The molecule has 2 N–H and O–H groups in total. The SMILES string of the molecule is CCCN1C(N)=NCC12CCOC(C)(CC)C2. The van der Waals surface area contributed by atoms with Gasteiger partial charge in [0.1, 0.15) is 0 Å². The van der Waals surface area contributed by atoms with Gasteiger partial charge < -0.3 is 15.4 Å². The van der Waals surface area contributed by atoms with Crippen molar-refractivity contribution in [2.24, 2.45) is 10.7 Å². The van der Waals surface area contributed by atoms with Crippen LogP contribution >= 0.6 is 0 Å². The first-order valence-corrected chi connectivity index (χ1v) is 6.77. The minimum Gasteiger partial charge on any atom is -0.375 e. The summed E-state index contributed by atoms with van der Waals surface area (Å²) in [5.41, 5.74) is 6.15. The van der Waals surface area contributed by atoms with Crippen molar-refractivity contribution in [1.29, 1.82) is 0 Å². The normalized spacial score (nSPS) is 37.6. The second-order valence-corrected chi connectivity index (χ2v) is 5.63. The Morgan fingerprint density at radius 2 is 2.24 bits per heavy atom. The number of aliphatic imine (C=N–C) groups is 1. The molecule has 2 aliphatic heterocycles. The van der Waals surface area contributed by atoms with E-state index in [0.717, 1.165) is 51.3 Å². The average Bonchev–Trinajstić information content (AvgIpc) is 2.59. The summed E-state index contributed by atoms with van der Waals surface area (Å²) in [5, 5.41) is 0. The van der Waals surface area contributed by atoms with Gasteiger partial charge in [-0.15, -0.1) is 0 Å². The van der Waals surface area contributed by atoms with Gasteiger partial charge in [0.05, 0.1) is 17.7 Å². The Balaban J connectivity index is 2.18. The van der Waals surface area contributed by atoms with Crippen LogP contribution in [0.2, 0.25) is 0 Å². The van der Waals surface area contributed by atoms with E-state index in [1.165, 1.54) is 0 Å². The van der Waals surface area contributed by atoms with Crippen molar-refractivity contribution in [3.05, 3.63) is 0 Å². The van der Waals surface area contributed by atoms with Crippen molar-refractivity contribution in [2.75, 3.05) is 19.7 Å². The minimum absolute atomic E-state index is 0.00954. The highest BCUT2D eigenvalue weighted by Crippen LogP contribution is 2.40. The number of nitrogens with two attached hydrogens (primary N) is 1. The molecule has 1 spiro atoms. The highest BCUT2D eigenvalue weighted by Gasteiger charge is 2.49. The van der Waals surface area contributed by atoms with Gasteiger partial charge in [-0.3, -0.25) is 4.99 Å². The molecule has 0 aliphatic carbocycles. The Morgan fingerprint density at radius 3 is 2.88 bits per heavy atom. The topological polar surface area (TPSA) is 50.8 Å². The van der Waals surface area contributed by atoms with E-state index in [1.807, 2.05) is 0 Å². The fourth-order valence-corrected chi connectivity index (χ4v) is 3.13. The van der Waals surface area contributed by atoms with E-state index in [-0.39, 0.29) is 11.1 Å². The number of nitrogens with zero attached hydrogens (tertiary/aromatic N) is 2. The Hall–Kier alpha value is -0.770. The number of ether oxygens (including phenoxy) is 1. The molecule has 2 heterocycles. The van der Waals surface area contributed by atoms with Crippen molar-refractivity contribution in [3.8, 4) is 0 Å². The van der Waals surface area contributed by atoms with Crippen LogP contribution in [0, 0.1) is 0 Å². The van der Waals surface area contributed by atoms with Crippen molar-refractivity contribution in [3.63, 3.8) is 0 Å². The standard InChI is InChI=1S/C13H25N3O/c1-4-7-16-11(14)15-10-13(16)6-8-17-12(3,5-2)9-13/h4-10H2,1-3H3,(H2,14,15). The zero-order chi connectivity index (χ0) is 12.5. The van der Waals surface area contributed by atoms with Gasteiger partial charge in [-0.1, -0.05) is 13.8 Å². The fourth-order valence-electron chi connectivity index (χ4n) is 3.13. The van der Waals surface area contributed by atoms with Gasteiger partial charge in [0.15, 0.2) is 5.96 Å². The van der Waals surface area contributed by atoms with Gasteiger partial charge in [0, 0.05) is 19.6 Å². The molecule has 0 bridgehead atoms. The van der Waals surface area contributed by atoms with Gasteiger partial charge >= 0.3 is 0 Å². The molecule has 0 aromatic heterocycles. The molecule has 0 amide bonds. The molecule has 2 atom stereocenters. The van der Waals surface area contributed by atoms with E-state index < -0.39 is 0 Å². The summed E-state index contributed by atoms with van der Waals surface area (Å²) in [6.07, 6.45) is 4.25. The lowest BCUT2D eigenvalue weighted by Gasteiger charge is -2.48. The van der Waals surface area contributed by atoms with E-state index >= 15 is 0 Å². The van der Waals surface area contributed by atoms with E-state index in [1.54, 1.807) is 0 Å². The van der Waals surface area contributed by atoms with Crippen LogP contribution in [0.4, 0.5) is 0 Å². The van der Waals surface area contributed by atoms with Crippen LogP contribution in [0.5, 0.6) is 0 Å². The average molecular weight is 239 g/mol. The van der Waals surface area contributed by atoms with Crippen LogP contribution in [-0.2, 0) is 4.74 Å². The lowest BCUT2D eigenvalue weighted by molar-refractivity contribution is -0.114. The predicted octanol–water partition coefficient (Wildman–Crippen LogP) is 1.74. The molecule has 4 nitrogen and oxygen atoms in total. The number of hydrogen-bond donors (Lipinski definition) is 1. The van der Waals surface area contributed by atoms with E-state index in [4.69, 9.17) is 10.5 Å². The number of guanidine groups is 1. The van der Waals surface area contributed by atoms with Gasteiger partial charge in [-0.05, 0) is 26.2 Å². The third-order valence-electron chi connectivity index (χ3n) is 4.30. The van der Waals surface area contributed by atoms with E-state index in [9.17, 15) is 0 Å². The Labute approximate surface area is 104 Å². The van der Waals surface area contributed by atoms with Crippen molar-refractivity contribution < 1.29 is 4.74 Å². The lowest BCUT2D eigenvalue weighted by atomic mass is 9.78. The molecule has 2 rings (SSSR count). The van der Waals surface area contributed by atoms with Crippen LogP contribution in [-0.4, -0.2) is 41.7 Å². The summed E-state index contributed by atoms with van der Waals surface area (Å²) >= 11 is 0. The van der Waals surface area contributed by atoms with Gasteiger partial charge in [-0.25, -0.2) is 0 Å². The van der Waals surface area contributed by atoms with Gasteiger partial charge in [0.25, 0.3) is 0 Å². The largest absolute Gasteiger partial charge is 0.375 e. The Bertz CT molecular complexity index is 318. The fraction of sp³-hybridized carbons (Fsp3) is 0.923. The summed E-state index contributed by atoms with van der Waals surface area (Å²) in [7, 11) is 0. The molecule has 4 heteroatoms. The zero-order valence-electron chi connectivity index (χ0n) is 11.3. The second-order valence-electron chi connectivity index (χ2n) is 5.63. The van der Waals surface area contributed by atoms with Crippen LogP contribution < -0.4 is 5.73 Å². The highest BCUT2D eigenvalue weighted by molar-refractivity contribution is 5.81. The summed E-state index contributed by atoms with van der Waals surface area (Å²) in [4.78, 5) is 6.80. The molecule has 1 fully saturated rings. The molecule has 1 saturated heterocycles. The van der Waals surface area contributed by atoms with Gasteiger partial charge in [-0.2, -0.15) is 0 Å². The lowest BCUT2D eigenvalue weighted by Crippen LogP contribution is -2.59. The maximum Gasteiger partial charge on any atom is 0.191 e. The van der Waals surface area contributed by atoms with Crippen LogP contribution in [0.1, 0.15) is 46.5 Å². The maximum absolute atomic E-state index is 6.04. The summed E-state index contributed by atoms with van der Waals surface area (Å²) in [6, 6.07) is 0. The molecule has 98 valence electrons. The first kappa shape index (κ1) is 12.7. The Morgan fingerprint density at radius 1 is 1.47 bits per heavy atom. The molecule has 17 heavy (non-hydrogen) atoms. The van der Waals surface area contributed by atoms with Crippen molar-refractivity contribution in [2.45, 2.75) is 57.6 Å². The van der Waals surface area contributed by atoms with Crippen molar-refractivity contribution >= 4 is 5.96 Å². The van der Waals surface area contributed by atoms with Crippen LogP contribution in [0.3, 0.4) is 0 Å². The minimum atomic E-state index is -0.00954. The summed E-state index contributed by atoms with van der Waals surface area (Å²) in [5.74, 6) is 0.729. The van der Waals surface area contributed by atoms with Crippen molar-refractivity contribution in [1.82, 2.24) is 4.90 Å². The third-order valence-corrected chi connectivity index (χ3v) is 4.30. The molecule has 0 aromatic carbocycles. The molecule has 2 aliphatic rings. The molecular weight excluding hydrogens is 214 g/mol. The monoisotopic (exact) mass is 239 g/mol. The number of rotatable bonds is 3. The highest BCUT2D eigenvalue weighted by atomic mass is 16.5. The quantitative estimate of drug-likeness (QED) is 0.816. The van der Waals surface area contributed by atoms with E-state index in [2.05, 4.69) is 30.7 Å². The van der Waals surface area contributed by atoms with Crippen LogP contribution in [0.25, 0.3) is 0 Å². The van der Waals surface area contributed by atoms with Gasteiger partial charge in [0.2, 0.25) is 0 Å². The third kappa shape index (κ3) is 2.15. The van der Waals surface area contributed by atoms with E-state index in [0.29, 0.717) is 0 Å². The summed E-state index contributed by atoms with van der Waals surface area (Å²) < 4.78 is 5.94. The molecule has 2 unspecified atom stereocenters. The molecular formula is C13H25N3O. The smallest absolute Gasteiger partial charge is 0.191 e. The zero-order valence-corrected chi connectivity index (χ0v) is 11.3. The summed E-state index contributed by atoms with van der Waals surface area (Å²) in [6.45, 7) is 9.28. The maximum atomic E-state index is 6.04. The molecule has 0 aromatic rings.